The number of anilines is 1. The Morgan fingerprint density at radius 1 is 1.29 bits per heavy atom. The van der Waals surface area contributed by atoms with Crippen molar-refractivity contribution in [3.05, 3.63) is 23.8 Å². The summed E-state index contributed by atoms with van der Waals surface area (Å²) in [5.74, 6) is 1.16. The molecule has 0 saturated heterocycles. The van der Waals surface area contributed by atoms with Gasteiger partial charge in [0.15, 0.2) is 0 Å². The molecule has 1 aromatic carbocycles. The lowest BCUT2D eigenvalue weighted by Crippen LogP contribution is -2.38. The standard InChI is InChI=1S/C17H26N2O2/c1-12(13-7-5-3-4-6-8-13)19-17(20)15-10-9-14(21-2)11-16(15)18/h9-13H,3-8,18H2,1-2H3,(H,19,20)/t12-/m1/s1. The minimum absolute atomic E-state index is 0.0908. The molecule has 0 radical (unpaired) electrons. The summed E-state index contributed by atoms with van der Waals surface area (Å²) in [7, 11) is 1.59. The van der Waals surface area contributed by atoms with Crippen LogP contribution in [0.5, 0.6) is 5.75 Å². The third kappa shape index (κ3) is 4.13. The van der Waals surface area contributed by atoms with E-state index in [9.17, 15) is 4.79 Å². The van der Waals surface area contributed by atoms with E-state index in [0.29, 0.717) is 22.9 Å². The number of methoxy groups -OCH3 is 1. The monoisotopic (exact) mass is 290 g/mol. The molecule has 1 amide bonds. The molecule has 1 fully saturated rings. The molecule has 4 nitrogen and oxygen atoms in total. The summed E-state index contributed by atoms with van der Waals surface area (Å²) in [6.07, 6.45) is 7.61. The first-order valence-corrected chi connectivity index (χ1v) is 7.86. The van der Waals surface area contributed by atoms with Crippen LogP contribution in [-0.4, -0.2) is 19.1 Å². The molecule has 1 atom stereocenters. The Balaban J connectivity index is 1.99. The summed E-state index contributed by atoms with van der Waals surface area (Å²) < 4.78 is 5.11. The molecular formula is C17H26N2O2. The van der Waals surface area contributed by atoms with Gasteiger partial charge >= 0.3 is 0 Å². The predicted molar refractivity (Wildman–Crippen MR) is 85.5 cm³/mol. The Labute approximate surface area is 127 Å². The van der Waals surface area contributed by atoms with Crippen LogP contribution in [0.4, 0.5) is 5.69 Å². The van der Waals surface area contributed by atoms with Crippen molar-refractivity contribution in [2.75, 3.05) is 12.8 Å². The third-order valence-corrected chi connectivity index (χ3v) is 4.47. The molecule has 1 saturated carbocycles. The number of carbonyl (C=O) groups excluding carboxylic acids is 1. The van der Waals surface area contributed by atoms with Gasteiger partial charge in [0, 0.05) is 17.8 Å². The number of nitrogens with two attached hydrogens (primary N) is 1. The van der Waals surface area contributed by atoms with Gasteiger partial charge in [-0.25, -0.2) is 0 Å². The number of carbonyl (C=O) groups is 1. The SMILES string of the molecule is COc1ccc(C(=O)N[C@H](C)C2CCCCCC2)c(N)c1. The maximum absolute atomic E-state index is 12.4. The lowest BCUT2D eigenvalue weighted by atomic mass is 9.93. The zero-order valence-electron chi connectivity index (χ0n) is 13.0. The highest BCUT2D eigenvalue weighted by Crippen LogP contribution is 2.26. The summed E-state index contributed by atoms with van der Waals surface area (Å²) in [6.45, 7) is 2.10. The van der Waals surface area contributed by atoms with E-state index in [-0.39, 0.29) is 11.9 Å². The van der Waals surface area contributed by atoms with E-state index >= 15 is 0 Å². The lowest BCUT2D eigenvalue weighted by molar-refractivity contribution is 0.0925. The Hall–Kier alpha value is -1.71. The minimum atomic E-state index is -0.0908. The number of hydrogen-bond acceptors (Lipinski definition) is 3. The van der Waals surface area contributed by atoms with Crippen LogP contribution in [0.3, 0.4) is 0 Å². The summed E-state index contributed by atoms with van der Waals surface area (Å²) in [5, 5.41) is 3.11. The van der Waals surface area contributed by atoms with Gasteiger partial charge in [-0.3, -0.25) is 4.79 Å². The molecule has 0 aliphatic heterocycles. The number of amides is 1. The van der Waals surface area contributed by atoms with Crippen LogP contribution in [0.2, 0.25) is 0 Å². The first-order valence-electron chi connectivity index (χ1n) is 7.86. The quantitative estimate of drug-likeness (QED) is 0.660. The average Bonchev–Trinajstić information content (AvgIpc) is 2.75. The fraction of sp³-hybridized carbons (Fsp3) is 0.588. The second-order valence-corrected chi connectivity index (χ2v) is 5.97. The molecule has 4 heteroatoms. The zero-order valence-corrected chi connectivity index (χ0v) is 13.0. The summed E-state index contributed by atoms with van der Waals surface area (Å²) in [4.78, 5) is 12.4. The first kappa shape index (κ1) is 15.7. The van der Waals surface area contributed by atoms with Crippen molar-refractivity contribution in [1.82, 2.24) is 5.32 Å². The van der Waals surface area contributed by atoms with E-state index in [0.717, 1.165) is 0 Å². The van der Waals surface area contributed by atoms with Gasteiger partial charge in [0.25, 0.3) is 5.91 Å². The van der Waals surface area contributed by atoms with Crippen molar-refractivity contribution in [3.8, 4) is 5.75 Å². The molecule has 21 heavy (non-hydrogen) atoms. The molecular weight excluding hydrogens is 264 g/mol. The second-order valence-electron chi connectivity index (χ2n) is 5.97. The number of ether oxygens (including phenoxy) is 1. The Morgan fingerprint density at radius 2 is 1.95 bits per heavy atom. The van der Waals surface area contributed by atoms with E-state index in [2.05, 4.69) is 12.2 Å². The van der Waals surface area contributed by atoms with Crippen molar-refractivity contribution in [3.63, 3.8) is 0 Å². The number of rotatable bonds is 4. The van der Waals surface area contributed by atoms with Crippen LogP contribution in [0.15, 0.2) is 18.2 Å². The van der Waals surface area contributed by atoms with Crippen molar-refractivity contribution in [2.45, 2.75) is 51.5 Å². The van der Waals surface area contributed by atoms with E-state index in [4.69, 9.17) is 10.5 Å². The van der Waals surface area contributed by atoms with Gasteiger partial charge in [-0.05, 0) is 37.8 Å². The summed E-state index contributed by atoms with van der Waals surface area (Å²) in [6, 6.07) is 5.37. The minimum Gasteiger partial charge on any atom is -0.497 e. The van der Waals surface area contributed by atoms with Gasteiger partial charge in [-0.1, -0.05) is 25.7 Å². The molecule has 1 aromatic rings. The lowest BCUT2D eigenvalue weighted by Gasteiger charge is -2.24. The highest BCUT2D eigenvalue weighted by Gasteiger charge is 2.21. The number of hydrogen-bond donors (Lipinski definition) is 2. The van der Waals surface area contributed by atoms with Gasteiger partial charge < -0.3 is 15.8 Å². The predicted octanol–water partition coefficient (Wildman–Crippen LogP) is 3.37. The molecule has 1 aliphatic rings. The third-order valence-electron chi connectivity index (χ3n) is 4.47. The number of benzene rings is 1. The van der Waals surface area contributed by atoms with Crippen LogP contribution >= 0.6 is 0 Å². The van der Waals surface area contributed by atoms with Crippen LogP contribution in [0.25, 0.3) is 0 Å². The normalized spacial score (nSPS) is 17.8. The molecule has 3 N–H and O–H groups in total. The van der Waals surface area contributed by atoms with E-state index in [1.807, 2.05) is 0 Å². The van der Waals surface area contributed by atoms with Crippen LogP contribution in [0.1, 0.15) is 55.8 Å². The molecule has 0 unspecified atom stereocenters. The molecule has 0 spiro atoms. The Kier molecular flexibility index (Phi) is 5.48. The van der Waals surface area contributed by atoms with Crippen molar-refractivity contribution >= 4 is 11.6 Å². The van der Waals surface area contributed by atoms with Crippen LogP contribution in [-0.2, 0) is 0 Å². The molecule has 0 aromatic heterocycles. The molecule has 116 valence electrons. The van der Waals surface area contributed by atoms with Gasteiger partial charge in [0.05, 0.1) is 12.7 Å². The Bertz CT molecular complexity index is 480. The summed E-state index contributed by atoms with van der Waals surface area (Å²) >= 11 is 0. The van der Waals surface area contributed by atoms with E-state index in [1.54, 1.807) is 25.3 Å². The summed E-state index contributed by atoms with van der Waals surface area (Å²) in [5.41, 5.74) is 6.92. The smallest absolute Gasteiger partial charge is 0.253 e. The highest BCUT2D eigenvalue weighted by molar-refractivity contribution is 5.99. The second kappa shape index (κ2) is 7.34. The van der Waals surface area contributed by atoms with Gasteiger partial charge in [0.1, 0.15) is 5.75 Å². The maximum atomic E-state index is 12.4. The average molecular weight is 290 g/mol. The van der Waals surface area contributed by atoms with Gasteiger partial charge in [-0.15, -0.1) is 0 Å². The molecule has 2 rings (SSSR count). The van der Waals surface area contributed by atoms with Crippen molar-refractivity contribution < 1.29 is 9.53 Å². The zero-order chi connectivity index (χ0) is 15.2. The molecule has 1 aliphatic carbocycles. The highest BCUT2D eigenvalue weighted by atomic mass is 16.5. The van der Waals surface area contributed by atoms with Gasteiger partial charge in [0.2, 0.25) is 0 Å². The Morgan fingerprint density at radius 3 is 2.52 bits per heavy atom. The maximum Gasteiger partial charge on any atom is 0.253 e. The number of nitrogens with one attached hydrogen (secondary N) is 1. The van der Waals surface area contributed by atoms with Crippen LogP contribution < -0.4 is 15.8 Å². The van der Waals surface area contributed by atoms with Gasteiger partial charge in [-0.2, -0.15) is 0 Å². The first-order chi connectivity index (χ1) is 10.1. The molecule has 0 bridgehead atoms. The topological polar surface area (TPSA) is 64.3 Å². The van der Waals surface area contributed by atoms with E-state index < -0.39 is 0 Å². The van der Waals surface area contributed by atoms with Crippen molar-refractivity contribution in [2.24, 2.45) is 5.92 Å². The number of nitrogen functional groups attached to an aromatic ring is 1. The fourth-order valence-electron chi connectivity index (χ4n) is 3.09. The van der Waals surface area contributed by atoms with Crippen LogP contribution in [0, 0.1) is 5.92 Å². The largest absolute Gasteiger partial charge is 0.497 e. The van der Waals surface area contributed by atoms with Crippen molar-refractivity contribution in [1.29, 1.82) is 0 Å². The van der Waals surface area contributed by atoms with E-state index in [1.165, 1.54) is 38.5 Å². The molecule has 0 heterocycles. The fourth-order valence-corrected chi connectivity index (χ4v) is 3.09.